The van der Waals surface area contributed by atoms with E-state index in [9.17, 15) is 0 Å². The summed E-state index contributed by atoms with van der Waals surface area (Å²) in [4.78, 5) is 0. The Morgan fingerprint density at radius 2 is 0.429 bits per heavy atom. The first-order valence-electron chi connectivity index (χ1n) is 3.48. The molecule has 0 amide bonds. The molecule has 21 heavy (non-hydrogen) atoms. The number of rotatable bonds is 0. The Bertz CT molecular complexity index is 221. The van der Waals surface area contributed by atoms with Crippen molar-refractivity contribution in [1.82, 2.24) is 0 Å². The van der Waals surface area contributed by atoms with Gasteiger partial charge in [-0.2, -0.15) is 0 Å². The molecule has 0 unspecified atom stereocenters. The van der Waals surface area contributed by atoms with Crippen LogP contribution in [0.25, 0.3) is 0 Å². The van der Waals surface area contributed by atoms with Crippen molar-refractivity contribution in [2.24, 2.45) is 28.7 Å². The smallest absolute Gasteiger partial charge is 0.415 e. The van der Waals surface area contributed by atoms with E-state index in [4.69, 9.17) is 0 Å². The van der Waals surface area contributed by atoms with Gasteiger partial charge in [-0.25, -0.2) is 0 Å². The maximum atomic E-state index is 4.66. The van der Waals surface area contributed by atoms with Gasteiger partial charge in [-0.05, 0) is 0 Å². The summed E-state index contributed by atoms with van der Waals surface area (Å²) in [5, 5.41) is 0. The second-order valence-corrected chi connectivity index (χ2v) is 7.29. The van der Waals surface area contributed by atoms with Crippen molar-refractivity contribution in [3.63, 3.8) is 0 Å². The van der Waals surface area contributed by atoms with E-state index in [0.29, 0.717) is 0 Å². The Kier molecular flexibility index (Phi) is 59.5. The van der Waals surface area contributed by atoms with Crippen LogP contribution in [0, 0.1) is 0 Å². The molecule has 10 N–H and O–H groups in total. The molecule has 0 bridgehead atoms. The molecule has 0 aliphatic heterocycles. The average Bonchev–Trinajstić information content (AvgIpc) is 1.94. The van der Waals surface area contributed by atoms with Gasteiger partial charge in [-0.3, -0.25) is 0 Å². The largest absolute Gasteiger partial charge is 5.00 e. The van der Waals surface area contributed by atoms with E-state index in [-0.39, 0.29) is 40.2 Å². The fourth-order valence-electron chi connectivity index (χ4n) is 0. The molecule has 120 valence electrons. The molecule has 16 heteroatoms. The minimum absolute atomic E-state index is 0. The van der Waals surface area contributed by atoms with Crippen LogP contribution < -0.4 is 28.7 Å². The SMILES string of the molecule is NC(=S)[S-].NC(=S)[S-].NC(=S)[S-].NC(=S)[S-].NC(=S)[S-].[V+5]. The summed E-state index contributed by atoms with van der Waals surface area (Å²) in [6.07, 6.45) is 0. The van der Waals surface area contributed by atoms with Gasteiger partial charge in [0.05, 0.1) is 0 Å². The Balaban J connectivity index is -0.0000000331. The molecule has 0 saturated heterocycles. The second-order valence-electron chi connectivity index (χ2n) is 1.60. The van der Waals surface area contributed by atoms with Crippen LogP contribution in [-0.4, -0.2) is 21.6 Å². The Hall–Kier alpha value is 1.13. The molecule has 0 aliphatic carbocycles. The van der Waals surface area contributed by atoms with Gasteiger partial charge in [0.2, 0.25) is 0 Å². The predicted octanol–water partition coefficient (Wildman–Crippen LogP) is -1.12. The molecule has 0 aromatic heterocycles. The topological polar surface area (TPSA) is 130 Å². The number of hydrogen-bond donors (Lipinski definition) is 5. The number of hydrogen-bond acceptors (Lipinski definition) is 10. The predicted molar refractivity (Wildman–Crippen MR) is 121 cm³/mol. The third-order valence-corrected chi connectivity index (χ3v) is 0. The fraction of sp³-hybridized carbons (Fsp3) is 0. The van der Waals surface area contributed by atoms with E-state index in [1.807, 2.05) is 0 Å². The van der Waals surface area contributed by atoms with Crippen LogP contribution in [0.3, 0.4) is 0 Å². The maximum absolute atomic E-state index is 4.66. The van der Waals surface area contributed by atoms with Crippen molar-refractivity contribution in [1.29, 1.82) is 0 Å². The van der Waals surface area contributed by atoms with Gasteiger partial charge in [-0.1, -0.05) is 21.6 Å². The molecule has 0 heterocycles. The van der Waals surface area contributed by atoms with E-state index in [1.54, 1.807) is 0 Å². The van der Waals surface area contributed by atoms with Crippen molar-refractivity contribution < 1.29 is 18.6 Å². The summed E-state index contributed by atoms with van der Waals surface area (Å²) >= 11 is 41.3. The van der Waals surface area contributed by atoms with Crippen LogP contribution in [0.1, 0.15) is 0 Å². The van der Waals surface area contributed by atoms with E-state index in [0.717, 1.165) is 0 Å². The second kappa shape index (κ2) is 32.9. The van der Waals surface area contributed by atoms with Gasteiger partial charge >= 0.3 is 18.6 Å². The Morgan fingerprint density at radius 3 is 0.429 bits per heavy atom. The van der Waals surface area contributed by atoms with Crippen LogP contribution in [0.4, 0.5) is 0 Å². The summed E-state index contributed by atoms with van der Waals surface area (Å²) in [5.41, 5.74) is 23.3. The van der Waals surface area contributed by atoms with E-state index in [1.165, 1.54) is 0 Å². The molecule has 0 aliphatic rings. The fourth-order valence-corrected chi connectivity index (χ4v) is 0. The van der Waals surface area contributed by atoms with Crippen molar-refractivity contribution in [3.05, 3.63) is 0 Å². The van der Waals surface area contributed by atoms with E-state index in [2.05, 4.69) is 153 Å². The first kappa shape index (κ1) is 38.0. The standard InChI is InChI=1S/5CH3NS2.V/c5*2-1(3)4;/h5*(H3,2,3,4);/q;;;;;+5/p-5. The summed E-state index contributed by atoms with van der Waals surface area (Å²) in [7, 11) is 0. The quantitative estimate of drug-likeness (QED) is 0.199. The average molecular weight is 512 g/mol. The van der Waals surface area contributed by atoms with E-state index < -0.39 is 0 Å². The molecule has 0 atom stereocenters. The summed E-state index contributed by atoms with van der Waals surface area (Å²) in [5.74, 6) is 0. The molecule has 0 radical (unpaired) electrons. The van der Waals surface area contributed by atoms with Crippen LogP contribution in [0.2, 0.25) is 0 Å². The Labute approximate surface area is 190 Å². The molecule has 0 aromatic carbocycles. The summed E-state index contributed by atoms with van der Waals surface area (Å²) in [6, 6.07) is 0. The van der Waals surface area contributed by atoms with Crippen molar-refractivity contribution in [3.8, 4) is 0 Å². The van der Waals surface area contributed by atoms with Crippen molar-refractivity contribution in [2.45, 2.75) is 0 Å². The zero-order valence-electron chi connectivity index (χ0n) is 9.92. The van der Waals surface area contributed by atoms with Gasteiger partial charge < -0.3 is 153 Å². The van der Waals surface area contributed by atoms with Gasteiger partial charge in [-0.15, -0.1) is 0 Å². The van der Waals surface area contributed by atoms with Crippen molar-refractivity contribution >= 4 is 146 Å². The van der Waals surface area contributed by atoms with Crippen LogP contribution in [0.5, 0.6) is 0 Å². The van der Waals surface area contributed by atoms with Gasteiger partial charge in [0.15, 0.2) is 0 Å². The normalized spacial score (nSPS) is 5.71. The third kappa shape index (κ3) is 6010. The van der Waals surface area contributed by atoms with Crippen molar-refractivity contribution in [2.75, 3.05) is 0 Å². The van der Waals surface area contributed by atoms with Crippen LogP contribution >= 0.6 is 61.1 Å². The van der Waals surface area contributed by atoms with Crippen LogP contribution in [0.15, 0.2) is 0 Å². The third-order valence-electron chi connectivity index (χ3n) is 0. The molecular weight excluding hydrogens is 502 g/mol. The molecular formula is C5H10N5S10V. The monoisotopic (exact) mass is 511 g/mol. The first-order valence-corrected chi connectivity index (χ1v) is 7.57. The zero-order chi connectivity index (χ0) is 17.9. The molecule has 5 nitrogen and oxygen atoms in total. The van der Waals surface area contributed by atoms with Crippen LogP contribution in [-0.2, 0) is 81.7 Å². The van der Waals surface area contributed by atoms with Gasteiger partial charge in [0, 0.05) is 0 Å². The van der Waals surface area contributed by atoms with E-state index >= 15 is 0 Å². The number of nitrogens with two attached hydrogens (primary N) is 5. The molecule has 0 spiro atoms. The minimum Gasteiger partial charge on any atom is -0.415 e. The summed E-state index contributed by atoms with van der Waals surface area (Å²) < 4.78 is 0.417. The molecule has 0 rings (SSSR count). The van der Waals surface area contributed by atoms with Gasteiger partial charge in [0.25, 0.3) is 0 Å². The zero-order valence-corrected chi connectivity index (χ0v) is 19.5. The first-order chi connectivity index (χ1) is 8.66. The maximum Gasteiger partial charge on any atom is 5.00 e. The van der Waals surface area contributed by atoms with Gasteiger partial charge in [0.1, 0.15) is 0 Å². The minimum atomic E-state index is 0. The molecule has 0 saturated carbocycles. The molecule has 0 aromatic rings. The Morgan fingerprint density at radius 1 is 0.429 bits per heavy atom. The number of thiocarbonyl (C=S) groups is 5. The summed E-state index contributed by atoms with van der Waals surface area (Å²) in [6.45, 7) is 0. The molecule has 0 fully saturated rings.